The fraction of sp³-hybridized carbons (Fsp3) is 0.207. The second-order valence-corrected chi connectivity index (χ2v) is 8.28. The van der Waals surface area contributed by atoms with Gasteiger partial charge in [0.2, 0.25) is 0 Å². The third-order valence-corrected chi connectivity index (χ3v) is 5.84. The molecule has 0 fully saturated rings. The smallest absolute Gasteiger partial charge is 0.305 e. The fourth-order valence-electron chi connectivity index (χ4n) is 3.96. The van der Waals surface area contributed by atoms with Crippen LogP contribution in [0.4, 0.5) is 5.69 Å². The number of methoxy groups -OCH3 is 1. The molecule has 0 unspecified atom stereocenters. The van der Waals surface area contributed by atoms with Crippen LogP contribution in [0.15, 0.2) is 78.9 Å². The monoisotopic (exact) mass is 439 g/mol. The van der Waals surface area contributed by atoms with Gasteiger partial charge >= 0.3 is 5.97 Å². The van der Waals surface area contributed by atoms with Crippen molar-refractivity contribution in [2.75, 3.05) is 19.5 Å². The number of nitrogens with two attached hydrogens (primary N) is 1. The molecule has 0 atom stereocenters. The molecule has 168 valence electrons. The molecule has 0 saturated carbocycles. The van der Waals surface area contributed by atoms with Crippen LogP contribution in [-0.4, -0.2) is 19.7 Å². The Morgan fingerprint density at radius 1 is 0.848 bits per heavy atom. The van der Waals surface area contributed by atoms with E-state index in [0.717, 1.165) is 28.5 Å². The Bertz CT molecular complexity index is 1260. The molecule has 0 aromatic heterocycles. The normalized spacial score (nSPS) is 10.8. The van der Waals surface area contributed by atoms with Crippen LogP contribution >= 0.6 is 0 Å². The molecule has 0 amide bonds. The minimum atomic E-state index is -0.237. The highest BCUT2D eigenvalue weighted by molar-refractivity contribution is 5.89. The summed E-state index contributed by atoms with van der Waals surface area (Å²) < 4.78 is 11.1. The van der Waals surface area contributed by atoms with Gasteiger partial charge in [0.25, 0.3) is 0 Å². The van der Waals surface area contributed by atoms with E-state index in [4.69, 9.17) is 15.2 Å². The summed E-state index contributed by atoms with van der Waals surface area (Å²) in [6.07, 6.45) is 1.66. The Hall–Kier alpha value is -3.79. The number of fused-ring (bicyclic) bond motifs is 1. The van der Waals surface area contributed by atoms with E-state index >= 15 is 0 Å². The highest BCUT2D eigenvalue weighted by Crippen LogP contribution is 2.38. The van der Waals surface area contributed by atoms with Gasteiger partial charge in [-0.15, -0.1) is 0 Å². The van der Waals surface area contributed by atoms with Crippen molar-refractivity contribution < 1.29 is 14.3 Å². The van der Waals surface area contributed by atoms with Crippen molar-refractivity contribution in [3.05, 3.63) is 95.6 Å². The molecule has 4 nitrogen and oxygen atoms in total. The van der Waals surface area contributed by atoms with E-state index in [1.54, 1.807) is 0 Å². The van der Waals surface area contributed by atoms with Gasteiger partial charge in [-0.2, -0.15) is 0 Å². The first-order valence-electron chi connectivity index (χ1n) is 11.2. The topological polar surface area (TPSA) is 61.5 Å². The minimum Gasteiger partial charge on any atom is -0.490 e. The van der Waals surface area contributed by atoms with Gasteiger partial charge < -0.3 is 15.2 Å². The molecule has 0 spiro atoms. The van der Waals surface area contributed by atoms with E-state index in [1.807, 2.05) is 18.2 Å². The summed E-state index contributed by atoms with van der Waals surface area (Å²) >= 11 is 0. The average Bonchev–Trinajstić information content (AvgIpc) is 2.84. The maximum atomic E-state index is 11.7. The molecule has 0 saturated heterocycles. The van der Waals surface area contributed by atoms with Crippen molar-refractivity contribution >= 4 is 22.4 Å². The quantitative estimate of drug-likeness (QED) is 0.265. The van der Waals surface area contributed by atoms with Crippen LogP contribution < -0.4 is 10.5 Å². The van der Waals surface area contributed by atoms with Crippen LogP contribution in [0.5, 0.6) is 5.75 Å². The third kappa shape index (κ3) is 5.53. The van der Waals surface area contributed by atoms with Gasteiger partial charge in [-0.3, -0.25) is 4.79 Å². The standard InChI is InChI=1S/C29H29NO3/c1-20-7-9-21(10-8-20)15-16-33-29-26(17-22(18-27(29)30)11-14-28(31)32-2)25-13-12-23-5-3-4-6-24(23)19-25/h3-10,12-13,17-19H,11,14-16,30H2,1-2H3. The Morgan fingerprint density at radius 2 is 1.61 bits per heavy atom. The summed E-state index contributed by atoms with van der Waals surface area (Å²) in [6, 6.07) is 27.1. The van der Waals surface area contributed by atoms with Crippen molar-refractivity contribution in [2.45, 2.75) is 26.2 Å². The zero-order valence-corrected chi connectivity index (χ0v) is 19.1. The molecule has 4 heteroatoms. The molecule has 2 N–H and O–H groups in total. The summed E-state index contributed by atoms with van der Waals surface area (Å²) in [6.45, 7) is 2.61. The highest BCUT2D eigenvalue weighted by Gasteiger charge is 2.14. The largest absolute Gasteiger partial charge is 0.490 e. The summed E-state index contributed by atoms with van der Waals surface area (Å²) in [5, 5.41) is 2.33. The van der Waals surface area contributed by atoms with E-state index in [9.17, 15) is 4.79 Å². The zero-order valence-electron chi connectivity index (χ0n) is 19.1. The molecular formula is C29H29NO3. The van der Waals surface area contributed by atoms with E-state index in [-0.39, 0.29) is 5.97 Å². The van der Waals surface area contributed by atoms with E-state index in [1.165, 1.54) is 23.6 Å². The second-order valence-electron chi connectivity index (χ2n) is 8.28. The number of esters is 1. The third-order valence-electron chi connectivity index (χ3n) is 5.84. The molecule has 4 aromatic rings. The Kier molecular flexibility index (Phi) is 6.94. The highest BCUT2D eigenvalue weighted by atomic mass is 16.5. The van der Waals surface area contributed by atoms with Crippen LogP contribution in [0.3, 0.4) is 0 Å². The number of carbonyl (C=O) groups excluding carboxylic acids is 1. The molecule has 0 heterocycles. The number of hydrogen-bond donors (Lipinski definition) is 1. The molecule has 0 bridgehead atoms. The summed E-state index contributed by atoms with van der Waals surface area (Å²) in [4.78, 5) is 11.7. The SMILES string of the molecule is COC(=O)CCc1cc(N)c(OCCc2ccc(C)cc2)c(-c2ccc3ccccc3c2)c1. The number of aryl methyl sites for hydroxylation is 2. The van der Waals surface area contributed by atoms with Gasteiger partial charge in [0.15, 0.2) is 0 Å². The van der Waals surface area contributed by atoms with E-state index < -0.39 is 0 Å². The van der Waals surface area contributed by atoms with Crippen LogP contribution in [0.1, 0.15) is 23.1 Å². The number of carbonyl (C=O) groups is 1. The number of nitrogen functional groups attached to an aromatic ring is 1. The van der Waals surface area contributed by atoms with Gasteiger partial charge in [0, 0.05) is 18.4 Å². The van der Waals surface area contributed by atoms with Gasteiger partial charge in [-0.1, -0.05) is 66.2 Å². The lowest BCUT2D eigenvalue weighted by Crippen LogP contribution is -2.07. The number of ether oxygens (including phenoxy) is 2. The lowest BCUT2D eigenvalue weighted by Gasteiger charge is -2.17. The number of benzene rings is 4. The maximum Gasteiger partial charge on any atom is 0.305 e. The summed E-state index contributed by atoms with van der Waals surface area (Å²) in [5.74, 6) is 0.443. The molecule has 0 aliphatic rings. The van der Waals surface area contributed by atoms with Gasteiger partial charge in [-0.05, 0) is 59.0 Å². The van der Waals surface area contributed by atoms with E-state index in [0.29, 0.717) is 30.9 Å². The van der Waals surface area contributed by atoms with Crippen LogP contribution in [0.25, 0.3) is 21.9 Å². The molecule has 33 heavy (non-hydrogen) atoms. The van der Waals surface area contributed by atoms with Crippen molar-refractivity contribution in [3.63, 3.8) is 0 Å². The summed E-state index contributed by atoms with van der Waals surface area (Å²) in [5.41, 5.74) is 12.5. The van der Waals surface area contributed by atoms with Crippen LogP contribution in [-0.2, 0) is 22.4 Å². The second kappa shape index (κ2) is 10.2. The predicted molar refractivity (Wildman–Crippen MR) is 135 cm³/mol. The Labute approximate surface area is 195 Å². The molecule has 0 aliphatic heterocycles. The van der Waals surface area contributed by atoms with Crippen molar-refractivity contribution in [1.29, 1.82) is 0 Å². The molecule has 0 radical (unpaired) electrons. The van der Waals surface area contributed by atoms with Gasteiger partial charge in [0.05, 0.1) is 19.4 Å². The molecule has 0 aliphatic carbocycles. The van der Waals surface area contributed by atoms with Crippen LogP contribution in [0, 0.1) is 6.92 Å². The first-order valence-corrected chi connectivity index (χ1v) is 11.2. The molecular weight excluding hydrogens is 410 g/mol. The first kappa shape index (κ1) is 22.4. The minimum absolute atomic E-state index is 0.237. The number of rotatable bonds is 8. The van der Waals surface area contributed by atoms with Gasteiger partial charge in [-0.25, -0.2) is 0 Å². The fourth-order valence-corrected chi connectivity index (χ4v) is 3.96. The van der Waals surface area contributed by atoms with Crippen molar-refractivity contribution in [2.24, 2.45) is 0 Å². The lowest BCUT2D eigenvalue weighted by atomic mass is 9.96. The molecule has 4 aromatic carbocycles. The van der Waals surface area contributed by atoms with E-state index in [2.05, 4.69) is 67.6 Å². The predicted octanol–water partition coefficient (Wildman–Crippen LogP) is 6.12. The molecule has 4 rings (SSSR count). The van der Waals surface area contributed by atoms with Crippen molar-refractivity contribution in [1.82, 2.24) is 0 Å². The number of hydrogen-bond acceptors (Lipinski definition) is 4. The average molecular weight is 440 g/mol. The van der Waals surface area contributed by atoms with Crippen LogP contribution in [0.2, 0.25) is 0 Å². The summed E-state index contributed by atoms with van der Waals surface area (Å²) in [7, 11) is 1.40. The first-order chi connectivity index (χ1) is 16.0. The Morgan fingerprint density at radius 3 is 2.36 bits per heavy atom. The van der Waals surface area contributed by atoms with Gasteiger partial charge in [0.1, 0.15) is 5.75 Å². The maximum absolute atomic E-state index is 11.7. The Balaban J connectivity index is 1.65. The lowest BCUT2D eigenvalue weighted by molar-refractivity contribution is -0.140. The number of anilines is 1. The van der Waals surface area contributed by atoms with Crippen molar-refractivity contribution in [3.8, 4) is 16.9 Å². The zero-order chi connectivity index (χ0) is 23.2.